The Labute approximate surface area is 74.9 Å². The molecule has 1 aromatic rings. The second kappa shape index (κ2) is 3.31. The minimum atomic E-state index is 0.604. The molecule has 0 atom stereocenters. The predicted octanol–water partition coefficient (Wildman–Crippen LogP) is 1.05. The summed E-state index contributed by atoms with van der Waals surface area (Å²) in [6, 6.07) is 0. The summed E-state index contributed by atoms with van der Waals surface area (Å²) in [7, 11) is 0. The first kappa shape index (κ1) is 7.86. The number of aromatic amines is 1. The highest BCUT2D eigenvalue weighted by molar-refractivity contribution is 7.99. The Morgan fingerprint density at radius 2 is 2.25 bits per heavy atom. The molecule has 1 aliphatic heterocycles. The lowest BCUT2D eigenvalue weighted by Crippen LogP contribution is -1.93. The third-order valence-electron chi connectivity index (χ3n) is 2.09. The Hall–Kier alpha value is -0.770. The second-order valence-electron chi connectivity index (χ2n) is 2.80. The number of nitrogens with zero attached hydrogens (tertiary/aromatic N) is 1. The number of thioether (sulfide) groups is 1. The van der Waals surface area contributed by atoms with E-state index in [0.717, 1.165) is 41.9 Å². The van der Waals surface area contributed by atoms with Gasteiger partial charge in [-0.05, 0) is 24.3 Å². The summed E-state index contributed by atoms with van der Waals surface area (Å²) in [6.07, 6.45) is 2.83. The largest absolute Gasteiger partial charge is 0.296 e. The fraction of sp³-hybridized carbons (Fsp3) is 0.500. The molecule has 2 heterocycles. The van der Waals surface area contributed by atoms with Gasteiger partial charge in [0.1, 0.15) is 5.69 Å². The van der Waals surface area contributed by atoms with E-state index in [4.69, 9.17) is 0 Å². The quantitative estimate of drug-likeness (QED) is 0.660. The van der Waals surface area contributed by atoms with Gasteiger partial charge in [-0.3, -0.25) is 9.89 Å². The fourth-order valence-electron chi connectivity index (χ4n) is 1.45. The van der Waals surface area contributed by atoms with E-state index in [1.165, 1.54) is 0 Å². The number of hydrogen-bond acceptors (Lipinski definition) is 3. The van der Waals surface area contributed by atoms with Gasteiger partial charge in [-0.25, -0.2) is 0 Å². The molecule has 0 aliphatic carbocycles. The summed E-state index contributed by atoms with van der Waals surface area (Å²) in [4.78, 5) is 10.6. The summed E-state index contributed by atoms with van der Waals surface area (Å²) >= 11 is 1.93. The van der Waals surface area contributed by atoms with E-state index < -0.39 is 0 Å². The molecular weight excluding hydrogens is 172 g/mol. The molecule has 1 N–H and O–H groups in total. The Morgan fingerprint density at radius 3 is 3.08 bits per heavy atom. The highest BCUT2D eigenvalue weighted by atomic mass is 32.2. The van der Waals surface area contributed by atoms with Crippen molar-refractivity contribution in [1.29, 1.82) is 0 Å². The molecule has 0 aromatic carbocycles. The van der Waals surface area contributed by atoms with Gasteiger partial charge in [0.15, 0.2) is 6.29 Å². The summed E-state index contributed by atoms with van der Waals surface area (Å²) in [6.45, 7) is 0. The van der Waals surface area contributed by atoms with E-state index in [1.807, 2.05) is 11.8 Å². The van der Waals surface area contributed by atoms with Gasteiger partial charge in [0.25, 0.3) is 0 Å². The minimum absolute atomic E-state index is 0.604. The first-order chi connectivity index (χ1) is 5.92. The standard InChI is InChI=1S/C8H10N2OS/c11-5-8-6-1-3-12-4-2-7(6)9-10-8/h5H,1-4H2,(H,9,10). The van der Waals surface area contributed by atoms with Crippen LogP contribution in [0.4, 0.5) is 0 Å². The number of H-pyrrole nitrogens is 1. The number of nitrogens with one attached hydrogen (secondary N) is 1. The van der Waals surface area contributed by atoms with Crippen LogP contribution in [0.25, 0.3) is 0 Å². The zero-order valence-corrected chi connectivity index (χ0v) is 7.49. The van der Waals surface area contributed by atoms with E-state index in [2.05, 4.69) is 10.2 Å². The molecule has 0 amide bonds. The topological polar surface area (TPSA) is 45.8 Å². The summed E-state index contributed by atoms with van der Waals surface area (Å²) in [5.74, 6) is 2.24. The average Bonchev–Trinajstić information content (AvgIpc) is 2.33. The molecule has 1 aliphatic rings. The van der Waals surface area contributed by atoms with E-state index in [1.54, 1.807) is 0 Å². The minimum Gasteiger partial charge on any atom is -0.296 e. The van der Waals surface area contributed by atoms with E-state index in [0.29, 0.717) is 5.69 Å². The molecule has 0 radical (unpaired) electrons. The van der Waals surface area contributed by atoms with Gasteiger partial charge in [-0.1, -0.05) is 0 Å². The van der Waals surface area contributed by atoms with Crippen LogP contribution in [0.5, 0.6) is 0 Å². The lowest BCUT2D eigenvalue weighted by Gasteiger charge is -1.93. The SMILES string of the molecule is O=Cc1n[nH]c2c1CCSCC2. The molecule has 1 aromatic heterocycles. The lowest BCUT2D eigenvalue weighted by molar-refractivity contribution is 0.111. The van der Waals surface area contributed by atoms with Gasteiger partial charge in [0.05, 0.1) is 0 Å². The normalized spacial score (nSPS) is 16.7. The van der Waals surface area contributed by atoms with Crippen molar-refractivity contribution in [1.82, 2.24) is 10.2 Å². The summed E-state index contributed by atoms with van der Waals surface area (Å²) < 4.78 is 0. The predicted molar refractivity (Wildman–Crippen MR) is 48.7 cm³/mol. The van der Waals surface area contributed by atoms with Crippen LogP contribution in [0, 0.1) is 0 Å². The maximum absolute atomic E-state index is 10.6. The van der Waals surface area contributed by atoms with E-state index in [9.17, 15) is 4.79 Å². The first-order valence-corrected chi connectivity index (χ1v) is 5.16. The van der Waals surface area contributed by atoms with Crippen molar-refractivity contribution in [3.63, 3.8) is 0 Å². The molecule has 0 saturated heterocycles. The summed E-state index contributed by atoms with van der Waals surface area (Å²) in [5.41, 5.74) is 2.89. The van der Waals surface area contributed by atoms with Gasteiger partial charge in [-0.15, -0.1) is 0 Å². The van der Waals surface area contributed by atoms with Crippen molar-refractivity contribution in [2.45, 2.75) is 12.8 Å². The second-order valence-corrected chi connectivity index (χ2v) is 4.02. The first-order valence-electron chi connectivity index (χ1n) is 4.01. The van der Waals surface area contributed by atoms with Crippen LogP contribution in [0.3, 0.4) is 0 Å². The van der Waals surface area contributed by atoms with Gasteiger partial charge in [0.2, 0.25) is 0 Å². The average molecular weight is 182 g/mol. The Bertz CT molecular complexity index is 295. The van der Waals surface area contributed by atoms with Crippen molar-refractivity contribution < 1.29 is 4.79 Å². The zero-order chi connectivity index (χ0) is 8.39. The van der Waals surface area contributed by atoms with Crippen molar-refractivity contribution in [2.75, 3.05) is 11.5 Å². The molecule has 12 heavy (non-hydrogen) atoms. The maximum atomic E-state index is 10.6. The van der Waals surface area contributed by atoms with Crippen molar-refractivity contribution in [3.8, 4) is 0 Å². The van der Waals surface area contributed by atoms with Crippen LogP contribution in [-0.2, 0) is 12.8 Å². The number of carbonyl (C=O) groups excluding carboxylic acids is 1. The number of hydrogen-bond donors (Lipinski definition) is 1. The number of aromatic nitrogens is 2. The number of rotatable bonds is 1. The molecule has 4 heteroatoms. The van der Waals surface area contributed by atoms with Gasteiger partial charge >= 0.3 is 0 Å². The molecule has 0 unspecified atom stereocenters. The molecule has 3 nitrogen and oxygen atoms in total. The van der Waals surface area contributed by atoms with E-state index in [-0.39, 0.29) is 0 Å². The Kier molecular flexibility index (Phi) is 2.17. The fourth-order valence-corrected chi connectivity index (χ4v) is 2.35. The van der Waals surface area contributed by atoms with Gasteiger partial charge in [-0.2, -0.15) is 16.9 Å². The number of aryl methyl sites for hydroxylation is 1. The van der Waals surface area contributed by atoms with E-state index >= 15 is 0 Å². The van der Waals surface area contributed by atoms with Crippen molar-refractivity contribution >= 4 is 18.0 Å². The number of fused-ring (bicyclic) bond motifs is 1. The van der Waals surface area contributed by atoms with Crippen LogP contribution >= 0.6 is 11.8 Å². The van der Waals surface area contributed by atoms with Crippen LogP contribution in [0.1, 0.15) is 21.7 Å². The molecule has 2 rings (SSSR count). The number of carbonyl (C=O) groups is 1. The van der Waals surface area contributed by atoms with Crippen LogP contribution < -0.4 is 0 Å². The highest BCUT2D eigenvalue weighted by Crippen LogP contribution is 2.19. The number of aldehydes is 1. The lowest BCUT2D eigenvalue weighted by atomic mass is 10.1. The molecule has 0 spiro atoms. The summed E-state index contributed by atoms with van der Waals surface area (Å²) in [5, 5.41) is 6.88. The third kappa shape index (κ3) is 1.27. The van der Waals surface area contributed by atoms with Gasteiger partial charge < -0.3 is 0 Å². The van der Waals surface area contributed by atoms with Crippen LogP contribution in [0.15, 0.2) is 0 Å². The zero-order valence-electron chi connectivity index (χ0n) is 6.67. The maximum Gasteiger partial charge on any atom is 0.170 e. The Morgan fingerprint density at radius 1 is 1.42 bits per heavy atom. The van der Waals surface area contributed by atoms with Crippen molar-refractivity contribution in [3.05, 3.63) is 17.0 Å². The third-order valence-corrected chi connectivity index (χ3v) is 3.07. The van der Waals surface area contributed by atoms with Crippen LogP contribution in [-0.4, -0.2) is 28.0 Å². The van der Waals surface area contributed by atoms with Crippen molar-refractivity contribution in [2.24, 2.45) is 0 Å². The molecule has 0 fully saturated rings. The monoisotopic (exact) mass is 182 g/mol. The molecular formula is C8H10N2OS. The Balaban J connectivity index is 2.38. The molecule has 0 saturated carbocycles. The highest BCUT2D eigenvalue weighted by Gasteiger charge is 2.14. The molecule has 64 valence electrons. The molecule has 0 bridgehead atoms. The van der Waals surface area contributed by atoms with Gasteiger partial charge in [0, 0.05) is 11.3 Å². The smallest absolute Gasteiger partial charge is 0.170 e. The van der Waals surface area contributed by atoms with Crippen LogP contribution in [0.2, 0.25) is 0 Å².